The van der Waals surface area contributed by atoms with Crippen molar-refractivity contribution < 1.29 is 0 Å². The van der Waals surface area contributed by atoms with E-state index in [0.717, 1.165) is 0 Å². The number of unbranched alkanes of at least 4 members (excludes halogenated alkanes) is 10. The molecule has 0 fully saturated rings. The minimum atomic E-state index is -0.370. The Morgan fingerprint density at radius 2 is 0.917 bits per heavy atom. The second-order valence-corrected chi connectivity index (χ2v) is 18.9. The fraction of sp³-hybridized carbons (Fsp3) is 0.367. The summed E-state index contributed by atoms with van der Waals surface area (Å²) in [5.74, 6) is 0. The quantitative estimate of drug-likeness (QED) is 0.0761. The van der Waals surface area contributed by atoms with Crippen molar-refractivity contribution in [1.29, 1.82) is 0 Å². The summed E-state index contributed by atoms with van der Waals surface area (Å²) in [7, 11) is 0. The van der Waals surface area contributed by atoms with Crippen LogP contribution in [0.25, 0.3) is 39.5 Å². The van der Waals surface area contributed by atoms with Crippen molar-refractivity contribution in [3.05, 3.63) is 183 Å². The van der Waals surface area contributed by atoms with E-state index in [2.05, 4.69) is 142 Å². The molecule has 6 aromatic carbocycles. The number of benzene rings is 6. The van der Waals surface area contributed by atoms with E-state index in [4.69, 9.17) is 0 Å². The molecule has 0 unspecified atom stereocenters. The van der Waals surface area contributed by atoms with Crippen LogP contribution in [0, 0.1) is 0 Å². The Morgan fingerprint density at radius 1 is 0.433 bits per heavy atom. The lowest BCUT2D eigenvalue weighted by atomic mass is 9.65. The summed E-state index contributed by atoms with van der Waals surface area (Å²) in [5.41, 5.74) is 24.2. The van der Waals surface area contributed by atoms with Gasteiger partial charge in [-0.15, -0.1) is 0 Å². The van der Waals surface area contributed by atoms with Gasteiger partial charge in [0.25, 0.3) is 0 Å². The molecule has 6 aromatic rings. The Labute approximate surface area is 361 Å². The Kier molecular flexibility index (Phi) is 10.8. The molecular weight excluding hydrogens is 721 g/mol. The van der Waals surface area contributed by atoms with Gasteiger partial charge in [-0.3, -0.25) is 0 Å². The van der Waals surface area contributed by atoms with Gasteiger partial charge < -0.3 is 0 Å². The van der Waals surface area contributed by atoms with Crippen LogP contribution in [0.1, 0.15) is 165 Å². The molecule has 10 rings (SSSR count). The Morgan fingerprint density at radius 3 is 1.47 bits per heavy atom. The molecule has 0 saturated heterocycles. The van der Waals surface area contributed by atoms with Crippen molar-refractivity contribution in [1.82, 2.24) is 0 Å². The third-order valence-electron chi connectivity index (χ3n) is 15.5. The maximum Gasteiger partial charge on any atom is 0.0713 e. The predicted molar refractivity (Wildman–Crippen MR) is 256 cm³/mol. The molecule has 0 heterocycles. The monoisotopic (exact) mass is 785 g/mol. The van der Waals surface area contributed by atoms with Crippen LogP contribution in [0.3, 0.4) is 0 Å². The standard InChI is InChI=1S/C60H64/c1-4-7-9-11-13-17-35-59(36-18-14-12-10-8-5-2)56-37-42(6-3)21-32-52(56)53-33-28-47(40-57(53)59)48-29-34-54-51-19-15-16-20-55(51)60(58(54)41-48,49-30-26-43-22-24-45(43)38-49)50-31-27-44-23-25-46(44)39-50/h6,15-16,19-21,26-34,37-41H,3-5,7-14,17-18,22-25,35-36H2,1-2H3. The molecule has 0 radical (unpaired) electrons. The molecule has 0 atom stereocenters. The molecule has 0 N–H and O–H groups in total. The minimum Gasteiger partial charge on any atom is -0.0985 e. The smallest absolute Gasteiger partial charge is 0.0713 e. The van der Waals surface area contributed by atoms with E-state index in [0.29, 0.717) is 0 Å². The van der Waals surface area contributed by atoms with Crippen LogP contribution in [-0.4, -0.2) is 0 Å². The van der Waals surface area contributed by atoms with Crippen molar-refractivity contribution in [2.45, 2.75) is 140 Å². The van der Waals surface area contributed by atoms with Crippen molar-refractivity contribution >= 4 is 6.08 Å². The lowest BCUT2D eigenvalue weighted by Crippen LogP contribution is -2.30. The first-order valence-corrected chi connectivity index (χ1v) is 24.0. The van der Waals surface area contributed by atoms with Crippen molar-refractivity contribution in [3.63, 3.8) is 0 Å². The molecule has 4 aliphatic carbocycles. The van der Waals surface area contributed by atoms with E-state index in [1.807, 2.05) is 0 Å². The molecule has 0 nitrogen and oxygen atoms in total. The van der Waals surface area contributed by atoms with Crippen LogP contribution < -0.4 is 0 Å². The van der Waals surface area contributed by atoms with Crippen LogP contribution in [0.5, 0.6) is 0 Å². The lowest BCUT2D eigenvalue weighted by molar-refractivity contribution is 0.398. The van der Waals surface area contributed by atoms with Crippen LogP contribution in [0.4, 0.5) is 0 Å². The van der Waals surface area contributed by atoms with Gasteiger partial charge in [0, 0.05) is 5.41 Å². The maximum atomic E-state index is 4.24. The summed E-state index contributed by atoms with van der Waals surface area (Å²) < 4.78 is 0. The zero-order valence-electron chi connectivity index (χ0n) is 36.5. The van der Waals surface area contributed by atoms with Crippen molar-refractivity contribution in [2.24, 2.45) is 0 Å². The van der Waals surface area contributed by atoms with Gasteiger partial charge in [0.1, 0.15) is 0 Å². The fourth-order valence-corrected chi connectivity index (χ4v) is 12.0. The highest BCUT2D eigenvalue weighted by molar-refractivity contribution is 5.90. The van der Waals surface area contributed by atoms with Gasteiger partial charge >= 0.3 is 0 Å². The zero-order valence-corrected chi connectivity index (χ0v) is 36.5. The highest BCUT2D eigenvalue weighted by atomic mass is 14.5. The first-order chi connectivity index (χ1) is 29.6. The number of aryl methyl sites for hydroxylation is 4. The first kappa shape index (κ1) is 39.2. The van der Waals surface area contributed by atoms with Crippen molar-refractivity contribution in [2.75, 3.05) is 0 Å². The largest absolute Gasteiger partial charge is 0.0985 e. The lowest BCUT2D eigenvalue weighted by Gasteiger charge is -2.37. The average molecular weight is 785 g/mol. The third-order valence-corrected chi connectivity index (χ3v) is 15.5. The van der Waals surface area contributed by atoms with Gasteiger partial charge in [-0.1, -0.05) is 207 Å². The summed E-state index contributed by atoms with van der Waals surface area (Å²) in [6.07, 6.45) is 25.2. The van der Waals surface area contributed by atoms with Crippen LogP contribution in [-0.2, 0) is 36.5 Å². The Balaban J connectivity index is 1.11. The second-order valence-electron chi connectivity index (χ2n) is 18.9. The summed E-state index contributed by atoms with van der Waals surface area (Å²) in [6, 6.07) is 46.6. The van der Waals surface area contributed by atoms with E-state index in [9.17, 15) is 0 Å². The minimum absolute atomic E-state index is 0.0176. The van der Waals surface area contributed by atoms with E-state index < -0.39 is 0 Å². The first-order valence-electron chi connectivity index (χ1n) is 24.0. The zero-order chi connectivity index (χ0) is 40.7. The van der Waals surface area contributed by atoms with Gasteiger partial charge in [0.2, 0.25) is 0 Å². The summed E-state index contributed by atoms with van der Waals surface area (Å²) in [5, 5.41) is 0. The molecule has 0 spiro atoms. The second kappa shape index (κ2) is 16.5. The highest BCUT2D eigenvalue weighted by Crippen LogP contribution is 2.59. The third kappa shape index (κ3) is 6.47. The molecular formula is C60H64. The van der Waals surface area contributed by atoms with E-state index in [1.165, 1.54) is 199 Å². The molecule has 0 bridgehead atoms. The van der Waals surface area contributed by atoms with E-state index in [-0.39, 0.29) is 10.8 Å². The molecule has 4 aliphatic rings. The molecule has 60 heavy (non-hydrogen) atoms. The summed E-state index contributed by atoms with van der Waals surface area (Å²) >= 11 is 0. The van der Waals surface area contributed by atoms with E-state index in [1.54, 1.807) is 11.1 Å². The predicted octanol–water partition coefficient (Wildman–Crippen LogP) is 16.3. The Bertz CT molecular complexity index is 2490. The average Bonchev–Trinajstić information content (AvgIpc) is 3.70. The molecule has 0 aliphatic heterocycles. The topological polar surface area (TPSA) is 0 Å². The molecule has 304 valence electrons. The highest BCUT2D eigenvalue weighted by Gasteiger charge is 2.47. The van der Waals surface area contributed by atoms with E-state index >= 15 is 0 Å². The SMILES string of the molecule is C=Cc1ccc2c(c1)C(CCCCCCCC)(CCCCCCCC)c1cc(-c3ccc4c(c3)C(c3ccc5c(c3)CC5)(c3ccc5c(c3)CC5)c3ccccc3-4)ccc1-2. The van der Waals surface area contributed by atoms with Gasteiger partial charge in [-0.05, 0) is 145 Å². The van der Waals surface area contributed by atoms with Crippen LogP contribution in [0.2, 0.25) is 0 Å². The van der Waals surface area contributed by atoms with Gasteiger partial charge in [-0.2, -0.15) is 0 Å². The molecule has 0 aromatic heterocycles. The summed E-state index contributed by atoms with van der Waals surface area (Å²) in [4.78, 5) is 0. The molecule has 0 amide bonds. The van der Waals surface area contributed by atoms with Gasteiger partial charge in [-0.25, -0.2) is 0 Å². The van der Waals surface area contributed by atoms with Crippen LogP contribution in [0.15, 0.2) is 122 Å². The Hall–Kier alpha value is -4.94. The van der Waals surface area contributed by atoms with Crippen LogP contribution >= 0.6 is 0 Å². The molecule has 0 heteroatoms. The fourth-order valence-electron chi connectivity index (χ4n) is 12.0. The number of hydrogen-bond acceptors (Lipinski definition) is 0. The summed E-state index contributed by atoms with van der Waals surface area (Å²) in [6.45, 7) is 8.89. The molecule has 0 saturated carbocycles. The maximum absolute atomic E-state index is 4.24. The number of fused-ring (bicyclic) bond motifs is 8. The number of hydrogen-bond donors (Lipinski definition) is 0. The van der Waals surface area contributed by atoms with Gasteiger partial charge in [0.05, 0.1) is 5.41 Å². The van der Waals surface area contributed by atoms with Crippen molar-refractivity contribution in [3.8, 4) is 33.4 Å². The number of rotatable bonds is 18. The van der Waals surface area contributed by atoms with Gasteiger partial charge in [0.15, 0.2) is 0 Å². The normalized spacial score (nSPS) is 15.5.